The van der Waals surface area contributed by atoms with E-state index in [0.29, 0.717) is 28.7 Å². The largest absolute Gasteiger partial charge is 0.497 e. The Bertz CT molecular complexity index is 913. The first-order chi connectivity index (χ1) is 12.0. The lowest BCUT2D eigenvalue weighted by Crippen LogP contribution is -2.24. The molecule has 0 spiro atoms. The highest BCUT2D eigenvalue weighted by Gasteiger charge is 2.13. The predicted octanol–water partition coefficient (Wildman–Crippen LogP) is 1.69. The number of aryl methyl sites for hydroxylation is 2. The van der Waals surface area contributed by atoms with Gasteiger partial charge in [0.1, 0.15) is 11.5 Å². The molecule has 1 aromatic carbocycles. The Morgan fingerprint density at radius 3 is 2.40 bits per heavy atom. The number of benzene rings is 1. The van der Waals surface area contributed by atoms with Crippen LogP contribution in [0.4, 0.5) is 0 Å². The summed E-state index contributed by atoms with van der Waals surface area (Å²) in [5, 5.41) is 11.0. The van der Waals surface area contributed by atoms with Crippen LogP contribution in [0.1, 0.15) is 27.6 Å². The molecule has 0 atom stereocenters. The second-order valence-corrected chi connectivity index (χ2v) is 5.57. The van der Waals surface area contributed by atoms with Gasteiger partial charge in [0.15, 0.2) is 5.82 Å². The molecule has 0 aliphatic rings. The van der Waals surface area contributed by atoms with Crippen molar-refractivity contribution < 1.29 is 14.3 Å². The number of hydrogen-bond donors (Lipinski definition) is 1. The van der Waals surface area contributed by atoms with E-state index in [9.17, 15) is 4.79 Å². The summed E-state index contributed by atoms with van der Waals surface area (Å²) < 4.78 is 12.2. The number of fused-ring (bicyclic) bond motifs is 1. The first-order valence-electron chi connectivity index (χ1n) is 7.71. The molecule has 3 aromatic rings. The summed E-state index contributed by atoms with van der Waals surface area (Å²) >= 11 is 0. The van der Waals surface area contributed by atoms with Crippen LogP contribution in [0.5, 0.6) is 11.5 Å². The smallest absolute Gasteiger partial charge is 0.255 e. The van der Waals surface area contributed by atoms with E-state index in [1.807, 2.05) is 24.3 Å². The lowest BCUT2D eigenvalue weighted by Gasteiger charge is -2.09. The topological polar surface area (TPSA) is 90.6 Å². The maximum Gasteiger partial charge on any atom is 0.255 e. The second-order valence-electron chi connectivity index (χ2n) is 5.57. The van der Waals surface area contributed by atoms with E-state index >= 15 is 0 Å². The minimum atomic E-state index is -0.258. The summed E-state index contributed by atoms with van der Waals surface area (Å²) in [5.74, 6) is 1.97. The Labute approximate surface area is 144 Å². The van der Waals surface area contributed by atoms with Crippen LogP contribution in [0.25, 0.3) is 5.78 Å². The molecule has 2 heterocycles. The van der Waals surface area contributed by atoms with E-state index in [-0.39, 0.29) is 12.5 Å². The molecule has 25 heavy (non-hydrogen) atoms. The van der Waals surface area contributed by atoms with Crippen molar-refractivity contribution in [3.63, 3.8) is 0 Å². The number of nitrogens with zero attached hydrogens (tertiary/aromatic N) is 4. The molecule has 3 rings (SSSR count). The third-order valence-corrected chi connectivity index (χ3v) is 3.78. The van der Waals surface area contributed by atoms with Gasteiger partial charge in [-0.15, -0.1) is 10.2 Å². The first kappa shape index (κ1) is 16.7. The summed E-state index contributed by atoms with van der Waals surface area (Å²) in [6.45, 7) is 4.08. The summed E-state index contributed by atoms with van der Waals surface area (Å²) in [7, 11) is 3.08. The summed E-state index contributed by atoms with van der Waals surface area (Å²) in [4.78, 5) is 16.8. The molecule has 2 aromatic heterocycles. The van der Waals surface area contributed by atoms with Crippen LogP contribution < -0.4 is 14.8 Å². The van der Waals surface area contributed by atoms with E-state index in [1.165, 1.54) is 14.2 Å². The maximum absolute atomic E-state index is 12.5. The Hall–Kier alpha value is -3.16. The van der Waals surface area contributed by atoms with Gasteiger partial charge < -0.3 is 14.8 Å². The lowest BCUT2D eigenvalue weighted by molar-refractivity contribution is 0.0949. The predicted molar refractivity (Wildman–Crippen MR) is 91.0 cm³/mol. The van der Waals surface area contributed by atoms with Crippen molar-refractivity contribution in [3.05, 3.63) is 47.0 Å². The van der Waals surface area contributed by atoms with E-state index in [4.69, 9.17) is 9.47 Å². The summed E-state index contributed by atoms with van der Waals surface area (Å²) in [6, 6.07) is 6.95. The highest BCUT2D eigenvalue weighted by atomic mass is 16.5. The van der Waals surface area contributed by atoms with Crippen LogP contribution in [-0.4, -0.2) is 39.7 Å². The lowest BCUT2D eigenvalue weighted by atomic mass is 10.2. The average Bonchev–Trinajstić information content (AvgIpc) is 3.02. The van der Waals surface area contributed by atoms with Gasteiger partial charge in [-0.05, 0) is 32.0 Å². The normalized spacial score (nSPS) is 10.7. The fourth-order valence-electron chi connectivity index (χ4n) is 2.61. The van der Waals surface area contributed by atoms with Crippen LogP contribution in [0.2, 0.25) is 0 Å². The first-order valence-corrected chi connectivity index (χ1v) is 7.71. The average molecular weight is 341 g/mol. The Kier molecular flexibility index (Phi) is 4.51. The number of aromatic nitrogens is 4. The van der Waals surface area contributed by atoms with Gasteiger partial charge in [-0.1, -0.05) is 0 Å². The molecule has 130 valence electrons. The van der Waals surface area contributed by atoms with Crippen molar-refractivity contribution in [2.45, 2.75) is 20.4 Å². The van der Waals surface area contributed by atoms with Gasteiger partial charge in [-0.3, -0.25) is 9.20 Å². The van der Waals surface area contributed by atoms with Crippen molar-refractivity contribution in [3.8, 4) is 11.5 Å². The molecular weight excluding hydrogens is 322 g/mol. The molecular formula is C17H19N5O3. The maximum atomic E-state index is 12.5. The molecule has 0 saturated heterocycles. The SMILES string of the molecule is COc1cc(OC)cc(C(=O)NCc2nnc3nc(C)cc(C)n23)c1. The van der Waals surface area contributed by atoms with Gasteiger partial charge in [0.2, 0.25) is 0 Å². The summed E-state index contributed by atoms with van der Waals surface area (Å²) in [5.41, 5.74) is 2.27. The van der Waals surface area contributed by atoms with E-state index in [1.54, 1.807) is 18.2 Å². The third kappa shape index (κ3) is 3.37. The number of carbonyl (C=O) groups excluding carboxylic acids is 1. The fourth-order valence-corrected chi connectivity index (χ4v) is 2.61. The van der Waals surface area contributed by atoms with Crippen LogP contribution in [-0.2, 0) is 6.54 Å². The second kappa shape index (κ2) is 6.76. The van der Waals surface area contributed by atoms with Gasteiger partial charge in [0, 0.05) is 23.0 Å². The molecule has 0 aliphatic heterocycles. The number of ether oxygens (including phenoxy) is 2. The molecule has 0 unspecified atom stereocenters. The van der Waals surface area contributed by atoms with Crippen LogP contribution in [0.3, 0.4) is 0 Å². The molecule has 0 fully saturated rings. The minimum absolute atomic E-state index is 0.227. The highest BCUT2D eigenvalue weighted by Crippen LogP contribution is 2.22. The van der Waals surface area contributed by atoms with Crippen molar-refractivity contribution >= 4 is 11.7 Å². The molecule has 0 radical (unpaired) electrons. The zero-order valence-corrected chi connectivity index (χ0v) is 14.5. The van der Waals surface area contributed by atoms with Gasteiger partial charge >= 0.3 is 0 Å². The molecule has 1 N–H and O–H groups in total. The van der Waals surface area contributed by atoms with Crippen molar-refractivity contribution in [1.82, 2.24) is 24.9 Å². The molecule has 8 heteroatoms. The Morgan fingerprint density at radius 2 is 1.76 bits per heavy atom. The summed E-state index contributed by atoms with van der Waals surface area (Å²) in [6.07, 6.45) is 0. The van der Waals surface area contributed by atoms with Gasteiger partial charge in [0.05, 0.1) is 20.8 Å². The van der Waals surface area contributed by atoms with Crippen molar-refractivity contribution in [1.29, 1.82) is 0 Å². The van der Waals surface area contributed by atoms with E-state index in [2.05, 4.69) is 20.5 Å². The number of carbonyl (C=O) groups is 1. The molecule has 0 saturated carbocycles. The van der Waals surface area contributed by atoms with Gasteiger partial charge in [-0.25, -0.2) is 4.98 Å². The van der Waals surface area contributed by atoms with E-state index < -0.39 is 0 Å². The van der Waals surface area contributed by atoms with Crippen LogP contribution in [0, 0.1) is 13.8 Å². The number of amides is 1. The monoisotopic (exact) mass is 341 g/mol. The Morgan fingerprint density at radius 1 is 1.08 bits per heavy atom. The Balaban J connectivity index is 1.81. The number of methoxy groups -OCH3 is 2. The zero-order chi connectivity index (χ0) is 18.0. The number of rotatable bonds is 5. The van der Waals surface area contributed by atoms with Crippen LogP contribution >= 0.6 is 0 Å². The number of hydrogen-bond acceptors (Lipinski definition) is 6. The number of nitrogens with one attached hydrogen (secondary N) is 1. The minimum Gasteiger partial charge on any atom is -0.497 e. The van der Waals surface area contributed by atoms with Crippen LogP contribution in [0.15, 0.2) is 24.3 Å². The highest BCUT2D eigenvalue weighted by molar-refractivity contribution is 5.95. The molecule has 0 bridgehead atoms. The standard InChI is InChI=1S/C17H19N5O3/c1-10-5-11(2)22-15(20-21-17(22)19-10)9-18-16(23)12-6-13(24-3)8-14(7-12)25-4/h5-8H,9H2,1-4H3,(H,18,23). The molecule has 8 nitrogen and oxygen atoms in total. The van der Waals surface area contributed by atoms with Gasteiger partial charge in [0.25, 0.3) is 11.7 Å². The molecule has 0 aliphatic carbocycles. The zero-order valence-electron chi connectivity index (χ0n) is 14.5. The van der Waals surface area contributed by atoms with E-state index in [0.717, 1.165) is 11.4 Å². The molecule has 1 amide bonds. The van der Waals surface area contributed by atoms with Crippen molar-refractivity contribution in [2.75, 3.05) is 14.2 Å². The third-order valence-electron chi connectivity index (χ3n) is 3.78. The van der Waals surface area contributed by atoms with Gasteiger partial charge in [-0.2, -0.15) is 0 Å². The fraction of sp³-hybridized carbons (Fsp3) is 0.294. The van der Waals surface area contributed by atoms with Crippen molar-refractivity contribution in [2.24, 2.45) is 0 Å². The quantitative estimate of drug-likeness (QED) is 0.759.